The van der Waals surface area contributed by atoms with Gasteiger partial charge in [-0.1, -0.05) is 42.4 Å². The van der Waals surface area contributed by atoms with Gasteiger partial charge in [0.25, 0.3) is 11.6 Å². The number of amides is 1. The number of fused-ring (bicyclic) bond motifs is 1. The molecular weight excluding hydrogens is 326 g/mol. The molecule has 0 bridgehead atoms. The van der Waals surface area contributed by atoms with E-state index < -0.39 is 0 Å². The van der Waals surface area contributed by atoms with Crippen molar-refractivity contribution in [1.82, 2.24) is 15.0 Å². The molecule has 1 aliphatic heterocycles. The quantitative estimate of drug-likeness (QED) is 0.693. The molecule has 134 valence electrons. The number of likely N-dealkylation sites (tertiary alicyclic amines) is 1. The van der Waals surface area contributed by atoms with E-state index >= 15 is 0 Å². The molecule has 1 aliphatic rings. The number of hydrogen-bond acceptors (Lipinski definition) is 4. The lowest BCUT2D eigenvalue weighted by atomic mass is 9.97. The van der Waals surface area contributed by atoms with Crippen molar-refractivity contribution in [2.75, 3.05) is 6.54 Å². The fourth-order valence-electron chi connectivity index (χ4n) is 3.87. The second-order valence-corrected chi connectivity index (χ2v) is 6.93. The minimum atomic E-state index is 0.0624. The van der Waals surface area contributed by atoms with Gasteiger partial charge in [0.2, 0.25) is 0 Å². The third-order valence-electron chi connectivity index (χ3n) is 5.28. The maximum atomic E-state index is 13.4. The van der Waals surface area contributed by atoms with Gasteiger partial charge in [0, 0.05) is 18.2 Å². The molecule has 1 fully saturated rings. The fourth-order valence-corrected chi connectivity index (χ4v) is 3.87. The number of carbonyl (C=O) groups excluding carboxylic acids is 1. The van der Waals surface area contributed by atoms with E-state index in [0.29, 0.717) is 23.0 Å². The summed E-state index contributed by atoms with van der Waals surface area (Å²) in [4.78, 5) is 20.1. The number of piperidine rings is 1. The molecule has 0 N–H and O–H groups in total. The van der Waals surface area contributed by atoms with Crippen LogP contribution >= 0.6 is 0 Å². The zero-order chi connectivity index (χ0) is 18.1. The van der Waals surface area contributed by atoms with Crippen LogP contribution in [0.4, 0.5) is 0 Å². The minimum absolute atomic E-state index is 0.0624. The highest BCUT2D eigenvalue weighted by atomic mass is 16.5. The number of aryl methyl sites for hydroxylation is 1. The number of carbonyl (C=O) groups is 1. The number of hydrogen-bond donors (Lipinski definition) is 0. The Morgan fingerprint density at radius 1 is 1.27 bits per heavy atom. The molecule has 0 spiro atoms. The van der Waals surface area contributed by atoms with Crippen LogP contribution < -0.4 is 0 Å². The first-order valence-corrected chi connectivity index (χ1v) is 9.32. The summed E-state index contributed by atoms with van der Waals surface area (Å²) >= 11 is 0. The molecule has 3 heterocycles. The molecule has 3 aromatic rings. The molecule has 1 atom stereocenters. The zero-order valence-corrected chi connectivity index (χ0v) is 15.2. The van der Waals surface area contributed by atoms with Gasteiger partial charge in [0.05, 0.1) is 22.3 Å². The summed E-state index contributed by atoms with van der Waals surface area (Å²) in [6, 6.07) is 12.1. The van der Waals surface area contributed by atoms with Crippen LogP contribution in [0, 0.1) is 6.92 Å². The highest BCUT2D eigenvalue weighted by Crippen LogP contribution is 2.30. The maximum absolute atomic E-state index is 13.4. The van der Waals surface area contributed by atoms with Crippen molar-refractivity contribution in [3.8, 4) is 11.3 Å². The molecule has 4 rings (SSSR count). The highest BCUT2D eigenvalue weighted by Gasteiger charge is 2.29. The molecule has 5 nitrogen and oxygen atoms in total. The predicted octanol–water partition coefficient (Wildman–Crippen LogP) is 4.60. The Hall–Kier alpha value is -2.69. The molecule has 2 aromatic heterocycles. The number of rotatable bonds is 3. The normalized spacial score (nSPS) is 17.6. The van der Waals surface area contributed by atoms with Crippen molar-refractivity contribution in [2.24, 2.45) is 0 Å². The lowest BCUT2D eigenvalue weighted by Crippen LogP contribution is -2.43. The van der Waals surface area contributed by atoms with Crippen molar-refractivity contribution in [3.63, 3.8) is 0 Å². The second kappa shape index (κ2) is 6.90. The Labute approximate surface area is 153 Å². The van der Waals surface area contributed by atoms with Gasteiger partial charge >= 0.3 is 0 Å². The smallest absolute Gasteiger partial charge is 0.259 e. The van der Waals surface area contributed by atoms with Crippen LogP contribution in [0.1, 0.15) is 48.7 Å². The second-order valence-electron chi connectivity index (χ2n) is 6.93. The molecular formula is C21H23N3O2. The maximum Gasteiger partial charge on any atom is 0.259 e. The average Bonchev–Trinajstić information content (AvgIpc) is 3.08. The highest BCUT2D eigenvalue weighted by molar-refractivity contribution is 6.07. The number of nitrogens with zero attached hydrogens (tertiary/aromatic N) is 3. The molecule has 1 aromatic carbocycles. The summed E-state index contributed by atoms with van der Waals surface area (Å²) in [6.45, 7) is 4.82. The third kappa shape index (κ3) is 2.87. The first kappa shape index (κ1) is 16.8. The Kier molecular flexibility index (Phi) is 4.45. The largest absolute Gasteiger partial charge is 0.336 e. The van der Waals surface area contributed by atoms with Crippen molar-refractivity contribution in [2.45, 2.75) is 45.6 Å². The summed E-state index contributed by atoms with van der Waals surface area (Å²) in [5, 5.41) is 4.78. The molecule has 0 aliphatic carbocycles. The molecule has 5 heteroatoms. The Balaban J connectivity index is 1.85. The lowest BCUT2D eigenvalue weighted by Gasteiger charge is -2.35. The standard InChI is InChI=1S/C21H23N3O2/c1-3-16-11-7-8-12-24(16)21(25)17-13-18(15-9-5-4-6-10-15)22-20-19(17)14(2)23-26-20/h4-6,9-10,13,16H,3,7-8,11-12H2,1-2H3. The fraction of sp³-hybridized carbons (Fsp3) is 0.381. The number of aromatic nitrogens is 2. The average molecular weight is 349 g/mol. The van der Waals surface area contributed by atoms with Crippen LogP contribution in [-0.2, 0) is 0 Å². The SMILES string of the molecule is CCC1CCCCN1C(=O)c1cc(-c2ccccc2)nc2onc(C)c12. The van der Waals surface area contributed by atoms with Crippen LogP contribution in [0.25, 0.3) is 22.4 Å². The Morgan fingerprint density at radius 2 is 2.08 bits per heavy atom. The summed E-state index contributed by atoms with van der Waals surface area (Å²) < 4.78 is 5.41. The van der Waals surface area contributed by atoms with E-state index in [1.807, 2.05) is 48.2 Å². The van der Waals surface area contributed by atoms with Crippen LogP contribution in [0.3, 0.4) is 0 Å². The van der Waals surface area contributed by atoms with Gasteiger partial charge in [0.15, 0.2) is 0 Å². The molecule has 1 unspecified atom stereocenters. The summed E-state index contributed by atoms with van der Waals surface area (Å²) in [5.41, 5.74) is 3.48. The summed E-state index contributed by atoms with van der Waals surface area (Å²) in [7, 11) is 0. The third-order valence-corrected chi connectivity index (χ3v) is 5.28. The molecule has 26 heavy (non-hydrogen) atoms. The first-order chi connectivity index (χ1) is 12.7. The van der Waals surface area contributed by atoms with E-state index in [1.165, 1.54) is 6.42 Å². The Bertz CT molecular complexity index is 933. The minimum Gasteiger partial charge on any atom is -0.336 e. The van der Waals surface area contributed by atoms with Gasteiger partial charge < -0.3 is 9.42 Å². The Morgan fingerprint density at radius 3 is 2.85 bits per heavy atom. The monoisotopic (exact) mass is 349 g/mol. The van der Waals surface area contributed by atoms with Gasteiger partial charge in [-0.2, -0.15) is 0 Å². The van der Waals surface area contributed by atoms with Gasteiger partial charge in [-0.25, -0.2) is 4.98 Å². The molecule has 0 radical (unpaired) electrons. The van der Waals surface area contributed by atoms with Gasteiger partial charge in [-0.15, -0.1) is 0 Å². The van der Waals surface area contributed by atoms with E-state index in [4.69, 9.17) is 4.52 Å². The van der Waals surface area contributed by atoms with E-state index in [-0.39, 0.29) is 5.91 Å². The topological polar surface area (TPSA) is 59.2 Å². The van der Waals surface area contributed by atoms with Crippen LogP contribution in [0.5, 0.6) is 0 Å². The van der Waals surface area contributed by atoms with Gasteiger partial charge in [-0.05, 0) is 38.7 Å². The van der Waals surface area contributed by atoms with Crippen LogP contribution in [0.15, 0.2) is 40.9 Å². The molecule has 0 saturated carbocycles. The van der Waals surface area contributed by atoms with Crippen LogP contribution in [-0.4, -0.2) is 33.5 Å². The van der Waals surface area contributed by atoms with E-state index in [2.05, 4.69) is 17.1 Å². The van der Waals surface area contributed by atoms with Crippen molar-refractivity contribution < 1.29 is 9.32 Å². The van der Waals surface area contributed by atoms with E-state index in [0.717, 1.165) is 42.5 Å². The molecule has 1 saturated heterocycles. The van der Waals surface area contributed by atoms with Gasteiger partial charge in [-0.3, -0.25) is 4.79 Å². The summed E-state index contributed by atoms with van der Waals surface area (Å²) in [5.74, 6) is 0.0624. The number of benzene rings is 1. The van der Waals surface area contributed by atoms with E-state index in [9.17, 15) is 4.79 Å². The predicted molar refractivity (Wildman–Crippen MR) is 101 cm³/mol. The van der Waals surface area contributed by atoms with Crippen molar-refractivity contribution >= 4 is 17.0 Å². The van der Waals surface area contributed by atoms with Crippen molar-refractivity contribution in [1.29, 1.82) is 0 Å². The number of pyridine rings is 1. The van der Waals surface area contributed by atoms with Gasteiger partial charge in [0.1, 0.15) is 0 Å². The summed E-state index contributed by atoms with van der Waals surface area (Å²) in [6.07, 6.45) is 4.30. The lowest BCUT2D eigenvalue weighted by molar-refractivity contribution is 0.0610. The molecule has 1 amide bonds. The zero-order valence-electron chi connectivity index (χ0n) is 15.2. The first-order valence-electron chi connectivity index (χ1n) is 9.32. The van der Waals surface area contributed by atoms with Crippen molar-refractivity contribution in [3.05, 3.63) is 47.7 Å². The van der Waals surface area contributed by atoms with Crippen LogP contribution in [0.2, 0.25) is 0 Å². The van der Waals surface area contributed by atoms with E-state index in [1.54, 1.807) is 0 Å².